The van der Waals surface area contributed by atoms with Gasteiger partial charge in [0.25, 0.3) is 0 Å². The van der Waals surface area contributed by atoms with Crippen LogP contribution >= 0.6 is 33.9 Å². The lowest BCUT2D eigenvalue weighted by Gasteiger charge is -1.93. The molecule has 2 aromatic heterocycles. The molecule has 4 nitrogen and oxygen atoms in total. The average Bonchev–Trinajstić information content (AvgIpc) is 2.58. The summed E-state index contributed by atoms with van der Waals surface area (Å²) in [5, 5.41) is 8.86. The second-order valence-electron chi connectivity index (χ2n) is 2.25. The van der Waals surface area contributed by atoms with Crippen LogP contribution in [0.5, 0.6) is 0 Å². The topological polar surface area (TPSA) is 43.6 Å². The lowest BCUT2D eigenvalue weighted by atomic mass is 10.5. The molecule has 0 radical (unpaired) electrons. The number of aromatic nitrogens is 4. The van der Waals surface area contributed by atoms with Crippen LogP contribution in [0.3, 0.4) is 0 Å². The minimum absolute atomic E-state index is 0.916. The van der Waals surface area contributed by atoms with Gasteiger partial charge in [-0.3, -0.25) is 0 Å². The zero-order valence-electron chi connectivity index (χ0n) is 6.23. The summed E-state index contributed by atoms with van der Waals surface area (Å²) in [4.78, 5) is 4.01. The van der Waals surface area contributed by atoms with Crippen molar-refractivity contribution in [3.8, 4) is 10.7 Å². The Balaban J connectivity index is 2.50. The monoisotopic (exact) mass is 292 g/mol. The Morgan fingerprint density at radius 1 is 1.50 bits per heavy atom. The number of imidazole rings is 1. The maximum atomic E-state index is 4.02. The molecule has 0 saturated heterocycles. The zero-order valence-corrected chi connectivity index (χ0v) is 9.20. The number of aryl methyl sites for hydroxylation is 1. The van der Waals surface area contributed by atoms with Gasteiger partial charge in [0.15, 0.2) is 8.02 Å². The Morgan fingerprint density at radius 2 is 2.33 bits per heavy atom. The predicted molar refractivity (Wildman–Crippen MR) is 54.8 cm³/mol. The zero-order chi connectivity index (χ0) is 8.55. The van der Waals surface area contributed by atoms with Gasteiger partial charge in [-0.2, -0.15) is 0 Å². The highest BCUT2D eigenvalue weighted by Gasteiger charge is 2.07. The van der Waals surface area contributed by atoms with E-state index < -0.39 is 0 Å². The van der Waals surface area contributed by atoms with Gasteiger partial charge in [0, 0.05) is 7.05 Å². The fraction of sp³-hybridized carbons (Fsp3) is 0.167. The maximum Gasteiger partial charge on any atom is 0.178 e. The van der Waals surface area contributed by atoms with E-state index in [1.807, 2.05) is 11.6 Å². The first-order chi connectivity index (χ1) is 5.77. The quantitative estimate of drug-likeness (QED) is 0.749. The Kier molecular flexibility index (Phi) is 2.09. The first kappa shape index (κ1) is 8.11. The van der Waals surface area contributed by atoms with Crippen LogP contribution in [0.15, 0.2) is 12.5 Å². The van der Waals surface area contributed by atoms with Crippen LogP contribution in [-0.4, -0.2) is 19.7 Å². The summed E-state index contributed by atoms with van der Waals surface area (Å²) in [6.07, 6.45) is 3.54. The highest BCUT2D eigenvalue weighted by Crippen LogP contribution is 2.22. The van der Waals surface area contributed by atoms with E-state index in [0.29, 0.717) is 0 Å². The fourth-order valence-corrected chi connectivity index (χ4v) is 2.23. The first-order valence-corrected chi connectivity index (χ1v) is 5.12. The Labute approximate surface area is 86.8 Å². The number of hydrogen-bond donors (Lipinski definition) is 0. The van der Waals surface area contributed by atoms with E-state index in [4.69, 9.17) is 0 Å². The number of hydrogen-bond acceptors (Lipinski definition) is 4. The van der Waals surface area contributed by atoms with Crippen molar-refractivity contribution in [2.45, 2.75) is 0 Å². The van der Waals surface area contributed by atoms with Gasteiger partial charge >= 0.3 is 0 Å². The minimum atomic E-state index is 0.916. The molecule has 0 fully saturated rings. The smallest absolute Gasteiger partial charge is 0.178 e. The van der Waals surface area contributed by atoms with Gasteiger partial charge in [0.05, 0.1) is 18.2 Å². The first-order valence-electron chi connectivity index (χ1n) is 3.23. The number of rotatable bonds is 1. The third kappa shape index (κ3) is 1.36. The van der Waals surface area contributed by atoms with Crippen LogP contribution in [-0.2, 0) is 7.05 Å². The van der Waals surface area contributed by atoms with E-state index in [-0.39, 0.29) is 0 Å². The van der Waals surface area contributed by atoms with Gasteiger partial charge in [-0.05, 0) is 22.6 Å². The Morgan fingerprint density at radius 3 is 2.83 bits per heavy atom. The van der Waals surface area contributed by atoms with E-state index in [0.717, 1.165) is 13.7 Å². The molecule has 0 saturated carbocycles. The van der Waals surface area contributed by atoms with Crippen molar-refractivity contribution in [1.29, 1.82) is 0 Å². The van der Waals surface area contributed by atoms with Crippen LogP contribution < -0.4 is 0 Å². The summed E-state index contributed by atoms with van der Waals surface area (Å²) in [6.45, 7) is 0. The van der Waals surface area contributed by atoms with Crippen LogP contribution in [0, 0.1) is 3.01 Å². The normalized spacial score (nSPS) is 10.5. The highest BCUT2D eigenvalue weighted by molar-refractivity contribution is 14.1. The SMILES string of the molecule is Cn1cncc1-c1nnc(I)s1. The molecule has 6 heteroatoms. The van der Waals surface area contributed by atoms with E-state index in [2.05, 4.69) is 37.8 Å². The molecule has 0 atom stereocenters. The second-order valence-corrected chi connectivity index (χ2v) is 4.98. The molecule has 0 aliphatic heterocycles. The molecule has 0 aliphatic rings. The van der Waals surface area contributed by atoms with E-state index in [1.54, 1.807) is 23.9 Å². The van der Waals surface area contributed by atoms with E-state index in [9.17, 15) is 0 Å². The van der Waals surface area contributed by atoms with Crippen molar-refractivity contribution in [2.24, 2.45) is 7.05 Å². The largest absolute Gasteiger partial charge is 0.332 e. The number of nitrogens with zero attached hydrogens (tertiary/aromatic N) is 4. The molecular weight excluding hydrogens is 287 g/mol. The van der Waals surface area contributed by atoms with Gasteiger partial charge < -0.3 is 4.57 Å². The number of halogens is 1. The molecule has 2 rings (SSSR count). The van der Waals surface area contributed by atoms with Crippen LogP contribution in [0.25, 0.3) is 10.7 Å². The van der Waals surface area contributed by atoms with Crippen molar-refractivity contribution < 1.29 is 0 Å². The van der Waals surface area contributed by atoms with Crippen molar-refractivity contribution in [2.75, 3.05) is 0 Å². The van der Waals surface area contributed by atoms with Crippen LogP contribution in [0.2, 0.25) is 0 Å². The summed E-state index contributed by atoms with van der Waals surface area (Å²) in [5.74, 6) is 0. The van der Waals surface area contributed by atoms with Crippen molar-refractivity contribution in [3.05, 3.63) is 15.5 Å². The highest BCUT2D eigenvalue weighted by atomic mass is 127. The minimum Gasteiger partial charge on any atom is -0.332 e. The Hall–Kier alpha value is -0.500. The maximum absolute atomic E-state index is 4.02. The molecule has 0 aliphatic carbocycles. The standard InChI is InChI=1S/C6H5IN4S/c1-11-3-8-2-4(11)5-9-10-6(7)12-5/h2-3H,1H3. The fourth-order valence-electron chi connectivity index (χ4n) is 0.872. The predicted octanol–water partition coefficient (Wildman–Crippen LogP) is 1.54. The van der Waals surface area contributed by atoms with Gasteiger partial charge in [0.1, 0.15) is 0 Å². The summed E-state index contributed by atoms with van der Waals surface area (Å²) in [7, 11) is 1.94. The van der Waals surface area contributed by atoms with E-state index >= 15 is 0 Å². The third-order valence-corrected chi connectivity index (χ3v) is 3.05. The van der Waals surface area contributed by atoms with Gasteiger partial charge in [0.2, 0.25) is 0 Å². The molecule has 2 aromatic rings. The van der Waals surface area contributed by atoms with Crippen molar-refractivity contribution in [1.82, 2.24) is 19.7 Å². The lowest BCUT2D eigenvalue weighted by Crippen LogP contribution is -1.87. The van der Waals surface area contributed by atoms with Gasteiger partial charge in [-0.25, -0.2) is 4.98 Å². The van der Waals surface area contributed by atoms with Crippen LogP contribution in [0.1, 0.15) is 0 Å². The molecule has 12 heavy (non-hydrogen) atoms. The van der Waals surface area contributed by atoms with Gasteiger partial charge in [-0.15, -0.1) is 10.2 Å². The molecule has 0 unspecified atom stereocenters. The van der Waals surface area contributed by atoms with E-state index in [1.165, 1.54) is 0 Å². The third-order valence-electron chi connectivity index (χ3n) is 1.44. The summed E-state index contributed by atoms with van der Waals surface area (Å²) in [6, 6.07) is 0. The average molecular weight is 292 g/mol. The molecule has 2 heterocycles. The van der Waals surface area contributed by atoms with Crippen molar-refractivity contribution >= 4 is 33.9 Å². The van der Waals surface area contributed by atoms with Gasteiger partial charge in [-0.1, -0.05) is 11.3 Å². The van der Waals surface area contributed by atoms with Crippen molar-refractivity contribution in [3.63, 3.8) is 0 Å². The summed E-state index contributed by atoms with van der Waals surface area (Å²) in [5.41, 5.74) is 1.01. The summed E-state index contributed by atoms with van der Waals surface area (Å²) >= 11 is 3.72. The lowest BCUT2D eigenvalue weighted by molar-refractivity contribution is 0.914. The summed E-state index contributed by atoms with van der Waals surface area (Å²) < 4.78 is 2.88. The Bertz CT molecular complexity index is 394. The molecule has 0 N–H and O–H groups in total. The molecule has 62 valence electrons. The second kappa shape index (κ2) is 3.09. The molecular formula is C6H5IN4S. The van der Waals surface area contributed by atoms with Crippen LogP contribution in [0.4, 0.5) is 0 Å². The molecule has 0 amide bonds. The molecule has 0 aromatic carbocycles. The molecule has 0 bridgehead atoms. The molecule has 0 spiro atoms.